The average molecular weight is 483 g/mol. The summed E-state index contributed by atoms with van der Waals surface area (Å²) >= 11 is 0. The van der Waals surface area contributed by atoms with Crippen LogP contribution in [0.1, 0.15) is 76.6 Å². The van der Waals surface area contributed by atoms with Gasteiger partial charge in [-0.3, -0.25) is 9.20 Å². The molecule has 0 bridgehead atoms. The first-order valence-corrected chi connectivity index (χ1v) is 12.9. The van der Waals surface area contributed by atoms with Crippen molar-refractivity contribution in [2.45, 2.75) is 78.6 Å². The van der Waals surface area contributed by atoms with E-state index in [-0.39, 0.29) is 16.7 Å². The maximum Gasteiger partial charge on any atom is 0.234 e. The zero-order valence-electron chi connectivity index (χ0n) is 22.6. The number of anilines is 1. The molecule has 5 nitrogen and oxygen atoms in total. The number of aryl methyl sites for hydroxylation is 1. The van der Waals surface area contributed by atoms with Gasteiger partial charge in [-0.15, -0.1) is 0 Å². The second-order valence-electron chi connectivity index (χ2n) is 11.1. The van der Waals surface area contributed by atoms with Crippen LogP contribution < -0.4 is 5.32 Å². The van der Waals surface area contributed by atoms with E-state index in [9.17, 15) is 4.79 Å². The Hall–Kier alpha value is -3.47. The van der Waals surface area contributed by atoms with Gasteiger partial charge in [0.05, 0.1) is 12.1 Å². The zero-order chi connectivity index (χ0) is 26.1. The highest BCUT2D eigenvalue weighted by atomic mass is 16.1. The summed E-state index contributed by atoms with van der Waals surface area (Å²) in [5.74, 6) is 0.641. The molecule has 0 unspecified atom stereocenters. The summed E-state index contributed by atoms with van der Waals surface area (Å²) in [5.41, 5.74) is 7.37. The first-order valence-electron chi connectivity index (χ1n) is 12.9. The summed E-state index contributed by atoms with van der Waals surface area (Å²) in [4.78, 5) is 22.2. The molecule has 4 aromatic rings. The van der Waals surface area contributed by atoms with Crippen LogP contribution in [0.4, 0.5) is 5.69 Å². The van der Waals surface area contributed by atoms with E-state index in [1.54, 1.807) is 6.20 Å². The number of imidazole rings is 1. The SMILES string of the molecule is CCC(C)(C)c1ccc(CC(=O)Nc2cc(-c3cn4cccnc4n3)ccc2C)c(C(C)(C)CC)c1. The minimum Gasteiger partial charge on any atom is -0.326 e. The van der Waals surface area contributed by atoms with Crippen LogP contribution in [0.5, 0.6) is 0 Å². The summed E-state index contributed by atoms with van der Waals surface area (Å²) in [6.45, 7) is 15.6. The van der Waals surface area contributed by atoms with E-state index in [1.807, 2.05) is 48.0 Å². The molecule has 1 N–H and O–H groups in total. The molecule has 0 saturated heterocycles. The molecule has 0 aliphatic heterocycles. The standard InChI is InChI=1S/C31H38N4O/c1-8-30(4,5)24-14-13-22(25(19-24)31(6,7)9-2)18-28(36)33-26-17-23(12-11-21(26)3)27-20-35-16-10-15-32-29(35)34-27/h10-17,19-20H,8-9,18H2,1-7H3,(H,33,36). The number of amides is 1. The van der Waals surface area contributed by atoms with Crippen molar-refractivity contribution in [1.29, 1.82) is 0 Å². The Bertz CT molecular complexity index is 1360. The van der Waals surface area contributed by atoms with Gasteiger partial charge in [0, 0.05) is 29.8 Å². The molecule has 0 aliphatic carbocycles. The third kappa shape index (κ3) is 5.20. The van der Waals surface area contributed by atoms with E-state index in [2.05, 4.69) is 75.0 Å². The highest BCUT2D eigenvalue weighted by Crippen LogP contribution is 2.35. The summed E-state index contributed by atoms with van der Waals surface area (Å²) < 4.78 is 1.90. The molecule has 188 valence electrons. The Morgan fingerprint density at radius 3 is 2.44 bits per heavy atom. The van der Waals surface area contributed by atoms with Crippen LogP contribution in [0.15, 0.2) is 61.1 Å². The smallest absolute Gasteiger partial charge is 0.234 e. The second kappa shape index (κ2) is 9.88. The molecule has 4 rings (SSSR count). The lowest BCUT2D eigenvalue weighted by Crippen LogP contribution is -2.24. The van der Waals surface area contributed by atoms with Gasteiger partial charge in [-0.05, 0) is 65.0 Å². The van der Waals surface area contributed by atoms with Crippen LogP contribution in [0.2, 0.25) is 0 Å². The predicted molar refractivity (Wildman–Crippen MR) is 149 cm³/mol. The Morgan fingerprint density at radius 2 is 1.75 bits per heavy atom. The van der Waals surface area contributed by atoms with Crippen molar-refractivity contribution >= 4 is 17.4 Å². The molecule has 0 saturated carbocycles. The lowest BCUT2D eigenvalue weighted by Gasteiger charge is -2.31. The second-order valence-corrected chi connectivity index (χ2v) is 11.1. The third-order valence-corrected chi connectivity index (χ3v) is 7.78. The Labute approximate surface area is 215 Å². The summed E-state index contributed by atoms with van der Waals surface area (Å²) in [6.07, 6.45) is 8.03. The Morgan fingerprint density at radius 1 is 1.00 bits per heavy atom. The fourth-order valence-electron chi connectivity index (χ4n) is 4.43. The molecule has 1 amide bonds. The van der Waals surface area contributed by atoms with Crippen LogP contribution in [-0.2, 0) is 22.0 Å². The fourth-order valence-corrected chi connectivity index (χ4v) is 4.43. The van der Waals surface area contributed by atoms with Crippen LogP contribution in [0.25, 0.3) is 17.0 Å². The van der Waals surface area contributed by atoms with Crippen molar-refractivity contribution < 1.29 is 4.79 Å². The number of hydrogen-bond donors (Lipinski definition) is 1. The molecular formula is C31H38N4O. The van der Waals surface area contributed by atoms with Crippen LogP contribution in [0.3, 0.4) is 0 Å². The van der Waals surface area contributed by atoms with Crippen LogP contribution >= 0.6 is 0 Å². The summed E-state index contributed by atoms with van der Waals surface area (Å²) in [5, 5.41) is 3.17. The van der Waals surface area contributed by atoms with Gasteiger partial charge in [-0.25, -0.2) is 9.97 Å². The molecular weight excluding hydrogens is 444 g/mol. The third-order valence-electron chi connectivity index (χ3n) is 7.78. The van der Waals surface area contributed by atoms with E-state index >= 15 is 0 Å². The van der Waals surface area contributed by atoms with Gasteiger partial charge < -0.3 is 5.32 Å². The number of carbonyl (C=O) groups excluding carboxylic acids is 1. The van der Waals surface area contributed by atoms with Gasteiger partial charge >= 0.3 is 0 Å². The van der Waals surface area contributed by atoms with Crippen LogP contribution in [0, 0.1) is 6.92 Å². The lowest BCUT2D eigenvalue weighted by molar-refractivity contribution is -0.115. The quantitative estimate of drug-likeness (QED) is 0.287. The molecule has 0 radical (unpaired) electrons. The highest BCUT2D eigenvalue weighted by molar-refractivity contribution is 5.94. The van der Waals surface area contributed by atoms with E-state index in [0.29, 0.717) is 12.2 Å². The number of carbonyl (C=O) groups is 1. The predicted octanol–water partition coefficient (Wildman–Crippen LogP) is 7.26. The number of rotatable bonds is 8. The molecule has 2 heterocycles. The van der Waals surface area contributed by atoms with Gasteiger partial charge in [-0.2, -0.15) is 0 Å². The molecule has 0 atom stereocenters. The first kappa shape index (κ1) is 25.6. The van der Waals surface area contributed by atoms with E-state index in [1.165, 1.54) is 11.1 Å². The van der Waals surface area contributed by atoms with E-state index in [4.69, 9.17) is 0 Å². The van der Waals surface area contributed by atoms with Crippen molar-refractivity contribution in [3.63, 3.8) is 0 Å². The molecule has 2 aromatic heterocycles. The Balaban J connectivity index is 1.61. The molecule has 0 spiro atoms. The maximum atomic E-state index is 13.3. The number of fused-ring (bicyclic) bond motifs is 1. The van der Waals surface area contributed by atoms with Crippen molar-refractivity contribution in [3.05, 3.63) is 83.3 Å². The monoisotopic (exact) mass is 482 g/mol. The van der Waals surface area contributed by atoms with Crippen LogP contribution in [-0.4, -0.2) is 20.3 Å². The number of benzene rings is 2. The minimum atomic E-state index is -0.0115. The zero-order valence-corrected chi connectivity index (χ0v) is 22.6. The molecule has 0 fully saturated rings. The molecule has 5 heteroatoms. The average Bonchev–Trinajstić information content (AvgIpc) is 3.29. The number of nitrogens with one attached hydrogen (secondary N) is 1. The number of nitrogens with zero attached hydrogens (tertiary/aromatic N) is 3. The van der Waals surface area contributed by atoms with Gasteiger partial charge in [0.2, 0.25) is 11.7 Å². The minimum absolute atomic E-state index is 0.0115. The fraction of sp³-hybridized carbons (Fsp3) is 0.387. The van der Waals surface area contributed by atoms with Gasteiger partial charge in [0.25, 0.3) is 0 Å². The van der Waals surface area contributed by atoms with Crippen molar-refractivity contribution in [1.82, 2.24) is 14.4 Å². The normalized spacial score (nSPS) is 12.2. The Kier molecular flexibility index (Phi) is 7.03. The molecule has 36 heavy (non-hydrogen) atoms. The van der Waals surface area contributed by atoms with E-state index < -0.39 is 0 Å². The number of aromatic nitrogens is 3. The molecule has 0 aliphatic rings. The summed E-state index contributed by atoms with van der Waals surface area (Å²) in [6, 6.07) is 14.6. The number of hydrogen-bond acceptors (Lipinski definition) is 3. The van der Waals surface area contributed by atoms with Gasteiger partial charge in [0.1, 0.15) is 0 Å². The van der Waals surface area contributed by atoms with Gasteiger partial charge in [-0.1, -0.05) is 71.9 Å². The van der Waals surface area contributed by atoms with E-state index in [0.717, 1.165) is 40.9 Å². The van der Waals surface area contributed by atoms with Crippen molar-refractivity contribution in [3.8, 4) is 11.3 Å². The lowest BCUT2D eigenvalue weighted by atomic mass is 9.74. The summed E-state index contributed by atoms with van der Waals surface area (Å²) in [7, 11) is 0. The van der Waals surface area contributed by atoms with Crippen molar-refractivity contribution in [2.75, 3.05) is 5.32 Å². The highest BCUT2D eigenvalue weighted by Gasteiger charge is 2.26. The maximum absolute atomic E-state index is 13.3. The first-order chi connectivity index (χ1) is 17.0. The topological polar surface area (TPSA) is 59.3 Å². The van der Waals surface area contributed by atoms with Crippen molar-refractivity contribution in [2.24, 2.45) is 0 Å². The molecule has 2 aromatic carbocycles. The van der Waals surface area contributed by atoms with Gasteiger partial charge in [0.15, 0.2) is 0 Å². The largest absolute Gasteiger partial charge is 0.326 e.